The highest BCUT2D eigenvalue weighted by molar-refractivity contribution is 5.88. The van der Waals surface area contributed by atoms with Gasteiger partial charge in [0, 0.05) is 19.0 Å². The molecule has 46 heavy (non-hydrogen) atoms. The zero-order valence-electron chi connectivity index (χ0n) is 26.4. The summed E-state index contributed by atoms with van der Waals surface area (Å²) in [5.41, 5.74) is 3.44. The highest BCUT2D eigenvalue weighted by Crippen LogP contribution is 2.32. The number of ether oxygens (including phenoxy) is 2. The van der Waals surface area contributed by atoms with Crippen LogP contribution in [-0.2, 0) is 36.9 Å². The molecule has 0 spiro atoms. The maximum absolute atomic E-state index is 14.1. The molecule has 1 saturated carbocycles. The fourth-order valence-electron chi connectivity index (χ4n) is 6.80. The van der Waals surface area contributed by atoms with E-state index in [2.05, 4.69) is 36.5 Å². The first-order valence-corrected chi connectivity index (χ1v) is 16.1. The minimum atomic E-state index is -5.08. The lowest BCUT2D eigenvalue weighted by atomic mass is 9.82. The molecule has 4 bridgehead atoms. The van der Waals surface area contributed by atoms with Crippen LogP contribution < -0.4 is 5.32 Å². The molecule has 10 nitrogen and oxygen atoms in total. The number of methoxy groups -OCH3 is 1. The normalized spacial score (nSPS) is 27.0. The van der Waals surface area contributed by atoms with E-state index in [9.17, 15) is 27.6 Å². The quantitative estimate of drug-likeness (QED) is 0.406. The van der Waals surface area contributed by atoms with Gasteiger partial charge in [-0.3, -0.25) is 9.69 Å². The van der Waals surface area contributed by atoms with Gasteiger partial charge in [0.2, 0.25) is 5.91 Å². The van der Waals surface area contributed by atoms with Crippen molar-refractivity contribution < 1.29 is 46.9 Å². The van der Waals surface area contributed by atoms with E-state index >= 15 is 0 Å². The summed E-state index contributed by atoms with van der Waals surface area (Å²) in [6, 6.07) is 5.29. The van der Waals surface area contributed by atoms with E-state index in [1.54, 1.807) is 9.80 Å². The number of hydrogen-bond acceptors (Lipinski definition) is 7. The van der Waals surface area contributed by atoms with Crippen molar-refractivity contribution in [1.82, 2.24) is 15.1 Å². The SMILES string of the molecule is COC(=O)[C@@H]1C[C@@H]2CN1C(=O)[C@H](C1CCCCC1)N[C@H](C)CCCC/C=C/c1cccc3c1CN(C3)C(=O)O2.O=C(O)C(F)(F)F. The molecule has 0 radical (unpaired) electrons. The fraction of sp³-hybridized carbons (Fsp3) is 0.636. The predicted molar refractivity (Wildman–Crippen MR) is 162 cm³/mol. The van der Waals surface area contributed by atoms with Crippen LogP contribution in [0.2, 0.25) is 0 Å². The van der Waals surface area contributed by atoms with E-state index in [0.717, 1.165) is 68.1 Å². The molecule has 1 aromatic carbocycles. The largest absolute Gasteiger partial charge is 0.490 e. The second-order valence-electron chi connectivity index (χ2n) is 12.5. The summed E-state index contributed by atoms with van der Waals surface area (Å²) >= 11 is 0. The van der Waals surface area contributed by atoms with Crippen LogP contribution in [-0.4, -0.2) is 82.9 Å². The standard InChI is InChI=1S/C31H43N3O5.C2HF3O2/c1-21-11-6-3-4-7-12-22-15-10-16-24-18-33(20-26(22)24)31(37)39-25-17-27(30(36)38-2)34(19-25)29(35)28(32-21)23-13-8-5-9-14-23;3-2(4,5)1(6)7/h7,10,12,15-16,21,23,25,27-28,32H,3-6,8-9,11,13-14,17-20H2,1-2H3;(H,6,7)/b12-7+;/t21-,25-,27+,28+;/m1./s1. The van der Waals surface area contributed by atoms with Crippen LogP contribution in [0, 0.1) is 5.92 Å². The van der Waals surface area contributed by atoms with Crippen molar-refractivity contribution in [1.29, 1.82) is 0 Å². The Kier molecular flexibility index (Phi) is 12.1. The number of benzene rings is 1. The molecule has 1 aromatic rings. The molecule has 2 N–H and O–H groups in total. The van der Waals surface area contributed by atoms with Crippen molar-refractivity contribution in [2.75, 3.05) is 13.7 Å². The Bertz CT molecular complexity index is 1280. The molecule has 3 aliphatic heterocycles. The summed E-state index contributed by atoms with van der Waals surface area (Å²) in [5.74, 6) is -3.04. The van der Waals surface area contributed by atoms with Gasteiger partial charge in [-0.05, 0) is 61.6 Å². The van der Waals surface area contributed by atoms with Gasteiger partial charge >= 0.3 is 24.2 Å². The molecule has 2 fully saturated rings. The van der Waals surface area contributed by atoms with Crippen LogP contribution in [0.3, 0.4) is 0 Å². The van der Waals surface area contributed by atoms with Crippen molar-refractivity contribution in [3.63, 3.8) is 0 Å². The number of amides is 2. The zero-order chi connectivity index (χ0) is 33.4. The van der Waals surface area contributed by atoms with Gasteiger partial charge in [0.25, 0.3) is 0 Å². The topological polar surface area (TPSA) is 125 Å². The van der Waals surface area contributed by atoms with Crippen molar-refractivity contribution in [3.8, 4) is 0 Å². The summed E-state index contributed by atoms with van der Waals surface area (Å²) in [4.78, 5) is 52.4. The summed E-state index contributed by atoms with van der Waals surface area (Å²) in [6.07, 6.45) is 8.21. The van der Waals surface area contributed by atoms with Gasteiger partial charge in [-0.15, -0.1) is 0 Å². The molecule has 3 heterocycles. The van der Waals surface area contributed by atoms with E-state index in [1.807, 2.05) is 6.07 Å². The molecule has 2 amide bonds. The highest BCUT2D eigenvalue weighted by atomic mass is 19.4. The lowest BCUT2D eigenvalue weighted by Gasteiger charge is -2.36. The minimum Gasteiger partial charge on any atom is -0.475 e. The van der Waals surface area contributed by atoms with Crippen LogP contribution in [0.4, 0.5) is 18.0 Å². The number of halogens is 3. The van der Waals surface area contributed by atoms with Gasteiger partial charge in [-0.25, -0.2) is 14.4 Å². The second-order valence-corrected chi connectivity index (χ2v) is 12.5. The molecule has 1 aliphatic carbocycles. The molecule has 4 atom stereocenters. The van der Waals surface area contributed by atoms with Gasteiger partial charge in [-0.2, -0.15) is 13.2 Å². The number of carbonyl (C=O) groups excluding carboxylic acids is 3. The van der Waals surface area contributed by atoms with Gasteiger partial charge < -0.3 is 24.8 Å². The van der Waals surface area contributed by atoms with Crippen LogP contribution in [0.1, 0.15) is 87.8 Å². The lowest BCUT2D eigenvalue weighted by molar-refractivity contribution is -0.192. The Morgan fingerprint density at radius 2 is 1.74 bits per heavy atom. The number of hydrogen-bond donors (Lipinski definition) is 2. The number of aliphatic carboxylic acids is 1. The number of nitrogens with zero attached hydrogens (tertiary/aromatic N) is 2. The summed E-state index contributed by atoms with van der Waals surface area (Å²) in [7, 11) is 1.35. The number of carbonyl (C=O) groups is 4. The Hall–Kier alpha value is -3.61. The Morgan fingerprint density at radius 3 is 2.41 bits per heavy atom. The number of fused-ring (bicyclic) bond motifs is 3. The molecule has 13 heteroatoms. The lowest BCUT2D eigenvalue weighted by Crippen LogP contribution is -2.55. The third kappa shape index (κ3) is 9.01. The Balaban J connectivity index is 0.000000617. The Labute approximate surface area is 267 Å². The van der Waals surface area contributed by atoms with E-state index in [4.69, 9.17) is 19.4 Å². The Morgan fingerprint density at radius 1 is 1.04 bits per heavy atom. The van der Waals surface area contributed by atoms with Crippen molar-refractivity contribution in [2.45, 2.75) is 115 Å². The minimum absolute atomic E-state index is 0.0678. The van der Waals surface area contributed by atoms with E-state index in [-0.39, 0.29) is 36.9 Å². The van der Waals surface area contributed by atoms with Gasteiger partial charge in [-0.1, -0.05) is 56.0 Å². The molecule has 0 unspecified atom stereocenters. The van der Waals surface area contributed by atoms with Crippen molar-refractivity contribution in [3.05, 3.63) is 41.0 Å². The molecular formula is C33H44F3N3O7. The maximum atomic E-state index is 14.1. The van der Waals surface area contributed by atoms with Crippen LogP contribution in [0.5, 0.6) is 0 Å². The fourth-order valence-corrected chi connectivity index (χ4v) is 6.80. The summed E-state index contributed by atoms with van der Waals surface area (Å²) in [6.45, 7) is 3.36. The number of nitrogens with one attached hydrogen (secondary N) is 1. The number of carboxylic acid groups (broad SMARTS) is 1. The monoisotopic (exact) mass is 651 g/mol. The van der Waals surface area contributed by atoms with Gasteiger partial charge in [0.05, 0.1) is 26.2 Å². The van der Waals surface area contributed by atoms with Crippen LogP contribution >= 0.6 is 0 Å². The molecule has 254 valence electrons. The molecule has 5 rings (SSSR count). The third-order valence-corrected chi connectivity index (χ3v) is 9.21. The zero-order valence-corrected chi connectivity index (χ0v) is 26.4. The van der Waals surface area contributed by atoms with E-state index < -0.39 is 36.4 Å². The van der Waals surface area contributed by atoms with Crippen molar-refractivity contribution in [2.24, 2.45) is 5.92 Å². The molecule has 1 saturated heterocycles. The number of esters is 1. The number of rotatable bonds is 2. The first-order chi connectivity index (χ1) is 21.9. The summed E-state index contributed by atoms with van der Waals surface area (Å²) in [5, 5.41) is 10.8. The number of carboxylic acids is 1. The average molecular weight is 652 g/mol. The van der Waals surface area contributed by atoms with Crippen molar-refractivity contribution >= 4 is 30.0 Å². The molecule has 4 aliphatic rings. The van der Waals surface area contributed by atoms with E-state index in [0.29, 0.717) is 13.1 Å². The second kappa shape index (κ2) is 15.8. The van der Waals surface area contributed by atoms with Gasteiger partial charge in [0.15, 0.2) is 0 Å². The maximum Gasteiger partial charge on any atom is 0.490 e. The predicted octanol–water partition coefficient (Wildman–Crippen LogP) is 5.43. The van der Waals surface area contributed by atoms with Gasteiger partial charge in [0.1, 0.15) is 12.1 Å². The highest BCUT2D eigenvalue weighted by Gasteiger charge is 2.46. The first-order valence-electron chi connectivity index (χ1n) is 16.1. The van der Waals surface area contributed by atoms with Crippen LogP contribution in [0.25, 0.3) is 6.08 Å². The number of alkyl halides is 3. The smallest absolute Gasteiger partial charge is 0.475 e. The molecular weight excluding hydrogens is 607 g/mol. The summed E-state index contributed by atoms with van der Waals surface area (Å²) < 4.78 is 42.8. The molecule has 0 aromatic heterocycles. The first kappa shape index (κ1) is 35.2. The third-order valence-electron chi connectivity index (χ3n) is 9.21. The number of allylic oxidation sites excluding steroid dienone is 1. The van der Waals surface area contributed by atoms with Crippen LogP contribution in [0.15, 0.2) is 24.3 Å². The average Bonchev–Trinajstić information content (AvgIpc) is 3.66. The van der Waals surface area contributed by atoms with E-state index in [1.165, 1.54) is 13.5 Å².